The molecule has 0 saturated carbocycles. The maximum atomic E-state index is 11.9. The summed E-state index contributed by atoms with van der Waals surface area (Å²) in [7, 11) is 0. The molecule has 0 radical (unpaired) electrons. The third-order valence-corrected chi connectivity index (χ3v) is 3.05. The highest BCUT2D eigenvalue weighted by atomic mass is 16.5. The van der Waals surface area contributed by atoms with E-state index in [9.17, 15) is 9.59 Å². The van der Waals surface area contributed by atoms with Crippen LogP contribution in [-0.2, 0) is 9.53 Å². The normalized spacial score (nSPS) is 10.0. The van der Waals surface area contributed by atoms with Gasteiger partial charge in [-0.25, -0.2) is 4.79 Å². The molecular weight excluding hydrogens is 294 g/mol. The predicted octanol–water partition coefficient (Wildman–Crippen LogP) is 3.19. The summed E-state index contributed by atoms with van der Waals surface area (Å²) in [5.41, 5.74) is 2.22. The lowest BCUT2D eigenvalue weighted by Gasteiger charge is -2.09. The lowest BCUT2D eigenvalue weighted by Crippen LogP contribution is -2.20. The number of aryl methyl sites for hydroxylation is 1. The molecule has 0 saturated heterocycles. The quantitative estimate of drug-likeness (QED) is 0.832. The van der Waals surface area contributed by atoms with Crippen molar-refractivity contribution in [2.45, 2.75) is 13.8 Å². The topological polar surface area (TPSA) is 64.6 Å². The van der Waals surface area contributed by atoms with Gasteiger partial charge in [-0.3, -0.25) is 4.79 Å². The number of carbonyl (C=O) groups is 2. The Hall–Kier alpha value is -2.82. The highest BCUT2D eigenvalue weighted by molar-refractivity contribution is 5.92. The van der Waals surface area contributed by atoms with Crippen LogP contribution in [0.5, 0.6) is 5.75 Å². The summed E-state index contributed by atoms with van der Waals surface area (Å²) in [6.07, 6.45) is 0. The van der Waals surface area contributed by atoms with Gasteiger partial charge in [-0.1, -0.05) is 23.8 Å². The van der Waals surface area contributed by atoms with Crippen LogP contribution in [0, 0.1) is 6.92 Å². The van der Waals surface area contributed by atoms with Crippen LogP contribution in [0.2, 0.25) is 0 Å². The lowest BCUT2D eigenvalue weighted by atomic mass is 10.2. The highest BCUT2D eigenvalue weighted by Crippen LogP contribution is 2.14. The summed E-state index contributed by atoms with van der Waals surface area (Å²) >= 11 is 0. The van der Waals surface area contributed by atoms with Crippen LogP contribution >= 0.6 is 0 Å². The fraction of sp³-hybridized carbons (Fsp3) is 0.222. The average molecular weight is 313 g/mol. The molecule has 5 heteroatoms. The largest absolute Gasteiger partial charge is 0.484 e. The third kappa shape index (κ3) is 5.14. The first-order valence-corrected chi connectivity index (χ1v) is 7.35. The van der Waals surface area contributed by atoms with Crippen LogP contribution in [0.3, 0.4) is 0 Å². The monoisotopic (exact) mass is 313 g/mol. The van der Waals surface area contributed by atoms with Crippen molar-refractivity contribution in [1.82, 2.24) is 0 Å². The fourth-order valence-electron chi connectivity index (χ4n) is 1.91. The minimum Gasteiger partial charge on any atom is -0.484 e. The Labute approximate surface area is 135 Å². The summed E-state index contributed by atoms with van der Waals surface area (Å²) in [6, 6.07) is 14.0. The van der Waals surface area contributed by atoms with Gasteiger partial charge in [-0.15, -0.1) is 0 Å². The number of nitrogens with one attached hydrogen (secondary N) is 1. The molecule has 0 bridgehead atoms. The molecule has 0 heterocycles. The third-order valence-electron chi connectivity index (χ3n) is 3.05. The molecular formula is C18H19NO4. The van der Waals surface area contributed by atoms with Crippen LogP contribution in [0.25, 0.3) is 0 Å². The van der Waals surface area contributed by atoms with Crippen molar-refractivity contribution in [2.24, 2.45) is 0 Å². The predicted molar refractivity (Wildman–Crippen MR) is 87.7 cm³/mol. The number of rotatable bonds is 6. The van der Waals surface area contributed by atoms with Gasteiger partial charge in [-0.2, -0.15) is 0 Å². The van der Waals surface area contributed by atoms with Gasteiger partial charge in [0.2, 0.25) is 0 Å². The minimum absolute atomic E-state index is 0.139. The van der Waals surface area contributed by atoms with Crippen molar-refractivity contribution in [3.63, 3.8) is 0 Å². The average Bonchev–Trinajstić information content (AvgIpc) is 2.56. The van der Waals surface area contributed by atoms with Gasteiger partial charge in [-0.05, 0) is 44.2 Å². The smallest absolute Gasteiger partial charge is 0.338 e. The van der Waals surface area contributed by atoms with E-state index in [-0.39, 0.29) is 12.5 Å². The maximum absolute atomic E-state index is 11.9. The van der Waals surface area contributed by atoms with Crippen molar-refractivity contribution in [3.05, 3.63) is 59.7 Å². The van der Waals surface area contributed by atoms with E-state index in [0.717, 1.165) is 5.56 Å². The number of hydrogen-bond acceptors (Lipinski definition) is 4. The van der Waals surface area contributed by atoms with Crippen LogP contribution in [0.4, 0.5) is 5.69 Å². The Balaban J connectivity index is 1.90. The van der Waals surface area contributed by atoms with Crippen LogP contribution < -0.4 is 10.1 Å². The molecule has 0 atom stereocenters. The molecule has 23 heavy (non-hydrogen) atoms. The SMILES string of the molecule is CCOC(=O)c1cccc(OCC(=O)Nc2ccc(C)cc2)c1. The van der Waals surface area contributed by atoms with Gasteiger partial charge in [0.1, 0.15) is 5.75 Å². The number of esters is 1. The van der Waals surface area contributed by atoms with Crippen molar-refractivity contribution in [2.75, 3.05) is 18.5 Å². The minimum atomic E-state index is -0.415. The molecule has 1 amide bonds. The Morgan fingerprint density at radius 2 is 1.83 bits per heavy atom. The second-order valence-electron chi connectivity index (χ2n) is 4.95. The van der Waals surface area contributed by atoms with E-state index in [1.54, 1.807) is 31.2 Å². The lowest BCUT2D eigenvalue weighted by molar-refractivity contribution is -0.118. The molecule has 0 unspecified atom stereocenters. The summed E-state index contributed by atoms with van der Waals surface area (Å²) < 4.78 is 10.3. The van der Waals surface area contributed by atoms with Gasteiger partial charge in [0.15, 0.2) is 6.61 Å². The van der Waals surface area contributed by atoms with Crippen molar-refractivity contribution >= 4 is 17.6 Å². The fourth-order valence-corrected chi connectivity index (χ4v) is 1.91. The summed E-state index contributed by atoms with van der Waals surface area (Å²) in [6.45, 7) is 3.89. The van der Waals surface area contributed by atoms with E-state index in [1.807, 2.05) is 31.2 Å². The Kier molecular flexibility index (Phi) is 5.74. The number of hydrogen-bond donors (Lipinski definition) is 1. The first kappa shape index (κ1) is 16.5. The second-order valence-corrected chi connectivity index (χ2v) is 4.95. The molecule has 2 aromatic rings. The molecule has 0 aliphatic rings. The van der Waals surface area contributed by atoms with Crippen molar-refractivity contribution in [1.29, 1.82) is 0 Å². The zero-order chi connectivity index (χ0) is 16.7. The van der Waals surface area contributed by atoms with Gasteiger partial charge >= 0.3 is 5.97 Å². The van der Waals surface area contributed by atoms with Gasteiger partial charge in [0, 0.05) is 5.69 Å². The van der Waals surface area contributed by atoms with Gasteiger partial charge in [0.25, 0.3) is 5.91 Å². The molecule has 0 aliphatic heterocycles. The zero-order valence-electron chi connectivity index (χ0n) is 13.2. The number of amides is 1. The molecule has 0 aromatic heterocycles. The van der Waals surface area contributed by atoms with E-state index in [0.29, 0.717) is 23.6 Å². The molecule has 120 valence electrons. The van der Waals surface area contributed by atoms with E-state index >= 15 is 0 Å². The second kappa shape index (κ2) is 7.98. The Bertz CT molecular complexity index is 680. The number of anilines is 1. The van der Waals surface area contributed by atoms with E-state index < -0.39 is 5.97 Å². The van der Waals surface area contributed by atoms with Crippen molar-refractivity contribution < 1.29 is 19.1 Å². The first-order chi connectivity index (χ1) is 11.1. The van der Waals surface area contributed by atoms with Gasteiger partial charge in [0.05, 0.1) is 12.2 Å². The molecule has 2 aromatic carbocycles. The number of ether oxygens (including phenoxy) is 2. The Morgan fingerprint density at radius 1 is 1.09 bits per heavy atom. The van der Waals surface area contributed by atoms with Crippen LogP contribution in [-0.4, -0.2) is 25.1 Å². The Morgan fingerprint density at radius 3 is 2.52 bits per heavy atom. The zero-order valence-corrected chi connectivity index (χ0v) is 13.2. The maximum Gasteiger partial charge on any atom is 0.338 e. The molecule has 5 nitrogen and oxygen atoms in total. The summed E-state index contributed by atoms with van der Waals surface area (Å²) in [5.74, 6) is -0.243. The molecule has 2 rings (SSSR count). The van der Waals surface area contributed by atoms with Crippen LogP contribution in [0.1, 0.15) is 22.8 Å². The molecule has 0 spiro atoms. The standard InChI is InChI=1S/C18H19NO4/c1-3-22-18(21)14-5-4-6-16(11-14)23-12-17(20)19-15-9-7-13(2)8-10-15/h4-11H,3,12H2,1-2H3,(H,19,20). The molecule has 0 aliphatic carbocycles. The molecule has 1 N–H and O–H groups in total. The van der Waals surface area contributed by atoms with Gasteiger partial charge < -0.3 is 14.8 Å². The molecule has 0 fully saturated rings. The van der Waals surface area contributed by atoms with Crippen molar-refractivity contribution in [3.8, 4) is 5.75 Å². The van der Waals surface area contributed by atoms with E-state index in [1.165, 1.54) is 0 Å². The van der Waals surface area contributed by atoms with E-state index in [2.05, 4.69) is 5.32 Å². The summed E-state index contributed by atoms with van der Waals surface area (Å²) in [5, 5.41) is 2.74. The number of benzene rings is 2. The first-order valence-electron chi connectivity index (χ1n) is 7.35. The number of carbonyl (C=O) groups excluding carboxylic acids is 2. The summed E-state index contributed by atoms with van der Waals surface area (Å²) in [4.78, 5) is 23.5. The highest BCUT2D eigenvalue weighted by Gasteiger charge is 2.08. The van der Waals surface area contributed by atoms with E-state index in [4.69, 9.17) is 9.47 Å². The van der Waals surface area contributed by atoms with Crippen LogP contribution in [0.15, 0.2) is 48.5 Å².